The molecule has 3 saturated heterocycles. The Morgan fingerprint density at radius 1 is 1.08 bits per heavy atom. The molecule has 4 atom stereocenters. The summed E-state index contributed by atoms with van der Waals surface area (Å²) < 4.78 is 65.3. The summed E-state index contributed by atoms with van der Waals surface area (Å²) in [5, 5.41) is 10.2. The van der Waals surface area contributed by atoms with E-state index in [1.54, 1.807) is 10.4 Å². The van der Waals surface area contributed by atoms with Crippen LogP contribution in [0, 0.1) is 11.8 Å². The molecule has 5 fully saturated rings. The molecule has 2 aliphatic carbocycles. The second-order valence-electron chi connectivity index (χ2n) is 11.8. The number of carbonyl (C=O) groups is 1. The van der Waals surface area contributed by atoms with E-state index < -0.39 is 21.9 Å². The van der Waals surface area contributed by atoms with Crippen molar-refractivity contribution in [2.24, 2.45) is 11.8 Å². The van der Waals surface area contributed by atoms with Crippen LogP contribution in [0.1, 0.15) is 80.0 Å². The number of ether oxygens (including phenoxy) is 1. The Morgan fingerprint density at radius 3 is 2.35 bits per heavy atom. The standard InChI is InChI=1S/C25H36F2N4O5S/c26-25(27)10-17(25)11-28-18-3-1-15(2-4-18)14-37(33,34)31-20-5-6-21(31)8-19(7-20)29-24(32)22-9-23(36-30-22)16-12-35-13-16/h9,15-21,28H,1-8,10-14H2,(H,29,32)/t15?,17-,18?,19?,20-,21+/m1/s1. The maximum Gasteiger partial charge on any atom is 0.273 e. The second-order valence-corrected chi connectivity index (χ2v) is 13.7. The summed E-state index contributed by atoms with van der Waals surface area (Å²) in [7, 11) is -3.41. The van der Waals surface area contributed by atoms with Crippen molar-refractivity contribution in [3.05, 3.63) is 17.5 Å². The van der Waals surface area contributed by atoms with Gasteiger partial charge in [0.2, 0.25) is 10.0 Å². The van der Waals surface area contributed by atoms with Gasteiger partial charge < -0.3 is 19.9 Å². The fourth-order valence-electron chi connectivity index (χ4n) is 6.67. The van der Waals surface area contributed by atoms with Crippen LogP contribution in [0.25, 0.3) is 0 Å². The summed E-state index contributed by atoms with van der Waals surface area (Å²) in [5.41, 5.74) is 0.250. The molecule has 0 radical (unpaired) electrons. The summed E-state index contributed by atoms with van der Waals surface area (Å²) in [4.78, 5) is 12.7. The number of nitrogens with zero attached hydrogens (tertiary/aromatic N) is 2. The van der Waals surface area contributed by atoms with Gasteiger partial charge in [-0.05, 0) is 57.3 Å². The molecule has 9 nitrogen and oxygen atoms in total. The van der Waals surface area contributed by atoms with E-state index in [2.05, 4.69) is 15.8 Å². The maximum absolute atomic E-state index is 13.4. The van der Waals surface area contributed by atoms with Crippen LogP contribution in [-0.2, 0) is 14.8 Å². The minimum Gasteiger partial charge on any atom is -0.380 e. The fraction of sp³-hybridized carbons (Fsp3) is 0.840. The molecule has 1 unspecified atom stereocenters. The summed E-state index contributed by atoms with van der Waals surface area (Å²) in [6, 6.07) is 1.60. The van der Waals surface area contributed by atoms with Crippen molar-refractivity contribution in [2.45, 2.75) is 93.8 Å². The maximum atomic E-state index is 13.4. The van der Waals surface area contributed by atoms with Crippen LogP contribution < -0.4 is 10.6 Å². The quantitative estimate of drug-likeness (QED) is 0.493. The van der Waals surface area contributed by atoms with Crippen LogP contribution in [0.2, 0.25) is 0 Å². The van der Waals surface area contributed by atoms with Crippen molar-refractivity contribution < 1.29 is 31.3 Å². The summed E-state index contributed by atoms with van der Waals surface area (Å²) in [5.74, 6) is -2.26. The molecule has 2 saturated carbocycles. The van der Waals surface area contributed by atoms with E-state index in [4.69, 9.17) is 9.26 Å². The third-order valence-electron chi connectivity index (χ3n) is 9.03. The van der Waals surface area contributed by atoms with Gasteiger partial charge in [0.25, 0.3) is 11.8 Å². The van der Waals surface area contributed by atoms with Crippen molar-refractivity contribution in [2.75, 3.05) is 25.5 Å². The Balaban J connectivity index is 0.980. The van der Waals surface area contributed by atoms with Crippen LogP contribution >= 0.6 is 0 Å². The lowest BCUT2D eigenvalue weighted by molar-refractivity contribution is -0.00228. The van der Waals surface area contributed by atoms with Gasteiger partial charge in [0.05, 0.1) is 24.9 Å². The first-order valence-electron chi connectivity index (χ1n) is 13.7. The van der Waals surface area contributed by atoms with Crippen LogP contribution in [0.15, 0.2) is 10.6 Å². The third kappa shape index (κ3) is 5.44. The van der Waals surface area contributed by atoms with E-state index in [0.717, 1.165) is 38.5 Å². The van der Waals surface area contributed by atoms with E-state index in [9.17, 15) is 22.0 Å². The number of alkyl halides is 2. The topological polar surface area (TPSA) is 114 Å². The van der Waals surface area contributed by atoms with Gasteiger partial charge in [-0.1, -0.05) is 5.16 Å². The molecule has 3 aliphatic heterocycles. The van der Waals surface area contributed by atoms with Gasteiger partial charge in [0.1, 0.15) is 5.76 Å². The van der Waals surface area contributed by atoms with Crippen molar-refractivity contribution in [3.63, 3.8) is 0 Å². The molecule has 0 spiro atoms. The van der Waals surface area contributed by atoms with Gasteiger partial charge >= 0.3 is 0 Å². The Labute approximate surface area is 216 Å². The molecular weight excluding hydrogens is 506 g/mol. The highest BCUT2D eigenvalue weighted by atomic mass is 32.2. The van der Waals surface area contributed by atoms with Gasteiger partial charge in [-0.2, -0.15) is 4.31 Å². The van der Waals surface area contributed by atoms with Gasteiger partial charge in [-0.3, -0.25) is 4.79 Å². The molecule has 206 valence electrons. The van der Waals surface area contributed by atoms with Gasteiger partial charge in [-0.25, -0.2) is 17.2 Å². The number of sulfonamides is 1. The minimum atomic E-state index is -3.41. The minimum absolute atomic E-state index is 0.0201. The summed E-state index contributed by atoms with van der Waals surface area (Å²) >= 11 is 0. The molecule has 12 heteroatoms. The number of hydrogen-bond donors (Lipinski definition) is 2. The number of carbonyl (C=O) groups excluding carboxylic acids is 1. The monoisotopic (exact) mass is 542 g/mol. The summed E-state index contributed by atoms with van der Waals surface area (Å²) in [6.07, 6.45) is 6.07. The Kier molecular flexibility index (Phi) is 6.82. The lowest BCUT2D eigenvalue weighted by Gasteiger charge is -2.39. The number of nitrogens with one attached hydrogen (secondary N) is 2. The molecule has 6 rings (SSSR count). The van der Waals surface area contributed by atoms with Crippen molar-refractivity contribution in [1.29, 1.82) is 0 Å². The molecule has 2 N–H and O–H groups in total. The van der Waals surface area contributed by atoms with Crippen molar-refractivity contribution >= 4 is 15.9 Å². The number of piperidine rings is 1. The molecule has 2 bridgehead atoms. The van der Waals surface area contributed by atoms with Gasteiger partial charge in [0.15, 0.2) is 5.69 Å². The normalized spacial score (nSPS) is 35.7. The van der Waals surface area contributed by atoms with Gasteiger partial charge in [0, 0.05) is 49.1 Å². The zero-order chi connectivity index (χ0) is 25.8. The average molecular weight is 543 g/mol. The smallest absolute Gasteiger partial charge is 0.273 e. The molecular formula is C25H36F2N4O5S. The highest BCUT2D eigenvalue weighted by molar-refractivity contribution is 7.89. The molecule has 1 aromatic heterocycles. The van der Waals surface area contributed by atoms with E-state index in [-0.39, 0.29) is 59.8 Å². The second kappa shape index (κ2) is 9.84. The molecule has 4 heterocycles. The number of aromatic nitrogens is 1. The van der Waals surface area contributed by atoms with E-state index in [0.29, 0.717) is 38.4 Å². The SMILES string of the molecule is O=C(NC1C[C@H]2CC[C@@H](C1)N2S(=O)(=O)CC1CCC(NC[C@H]2CC2(F)F)CC1)c1cc(C2COC2)on1. The number of rotatable bonds is 9. The molecule has 37 heavy (non-hydrogen) atoms. The predicted molar refractivity (Wildman–Crippen MR) is 130 cm³/mol. The van der Waals surface area contributed by atoms with Gasteiger partial charge in [-0.15, -0.1) is 0 Å². The van der Waals surface area contributed by atoms with Crippen LogP contribution in [0.5, 0.6) is 0 Å². The zero-order valence-corrected chi connectivity index (χ0v) is 21.7. The predicted octanol–water partition coefficient (Wildman–Crippen LogP) is 2.65. The fourth-order valence-corrected chi connectivity index (χ4v) is 9.06. The first-order valence-corrected chi connectivity index (χ1v) is 15.3. The zero-order valence-electron chi connectivity index (χ0n) is 20.9. The lowest BCUT2D eigenvalue weighted by atomic mass is 9.87. The number of amides is 1. The highest BCUT2D eigenvalue weighted by Crippen LogP contribution is 2.48. The van der Waals surface area contributed by atoms with E-state index in [1.165, 1.54) is 0 Å². The average Bonchev–Trinajstić information content (AvgIpc) is 3.10. The summed E-state index contributed by atoms with van der Waals surface area (Å²) in [6.45, 7) is 1.50. The van der Waals surface area contributed by atoms with E-state index in [1.807, 2.05) is 0 Å². The van der Waals surface area contributed by atoms with Crippen molar-refractivity contribution in [1.82, 2.24) is 20.1 Å². The molecule has 1 amide bonds. The van der Waals surface area contributed by atoms with E-state index >= 15 is 0 Å². The Morgan fingerprint density at radius 2 is 1.76 bits per heavy atom. The largest absolute Gasteiger partial charge is 0.380 e. The van der Waals surface area contributed by atoms with Crippen LogP contribution in [-0.4, -0.2) is 79.4 Å². The third-order valence-corrected chi connectivity index (χ3v) is 11.2. The highest BCUT2D eigenvalue weighted by Gasteiger charge is 2.56. The lowest BCUT2D eigenvalue weighted by Crippen LogP contribution is -2.53. The first kappa shape index (κ1) is 25.6. The first-order chi connectivity index (χ1) is 17.7. The number of hydrogen-bond acceptors (Lipinski definition) is 7. The molecule has 1 aromatic rings. The Bertz CT molecular complexity index is 1090. The molecule has 0 aromatic carbocycles. The molecule has 5 aliphatic rings. The van der Waals surface area contributed by atoms with Crippen molar-refractivity contribution in [3.8, 4) is 0 Å². The van der Waals surface area contributed by atoms with Crippen LogP contribution in [0.4, 0.5) is 8.78 Å². The number of fused-ring (bicyclic) bond motifs is 2. The Hall–Kier alpha value is -1.63. The van der Waals surface area contributed by atoms with Crippen LogP contribution in [0.3, 0.4) is 0 Å². The number of halogens is 2.